The SMILES string of the molecule is Cn1cc2c(n1)C(CC=O)CN(C(=O)OC(C)(C)C)C2. The molecule has 0 saturated heterocycles. The van der Waals surface area contributed by atoms with Gasteiger partial charge in [-0.15, -0.1) is 0 Å². The Balaban J connectivity index is 2.19. The van der Waals surface area contributed by atoms with E-state index in [9.17, 15) is 9.59 Å². The number of hydrogen-bond acceptors (Lipinski definition) is 4. The van der Waals surface area contributed by atoms with Crippen LogP contribution in [-0.4, -0.2) is 39.2 Å². The van der Waals surface area contributed by atoms with E-state index < -0.39 is 5.60 Å². The maximum atomic E-state index is 12.2. The van der Waals surface area contributed by atoms with Gasteiger partial charge >= 0.3 is 6.09 Å². The summed E-state index contributed by atoms with van der Waals surface area (Å²) >= 11 is 0. The second-order valence-corrected chi connectivity index (χ2v) is 6.17. The lowest BCUT2D eigenvalue weighted by molar-refractivity contribution is -0.108. The van der Waals surface area contributed by atoms with Gasteiger partial charge in [-0.3, -0.25) is 4.68 Å². The molecule has 110 valence electrons. The number of fused-ring (bicyclic) bond motifs is 1. The van der Waals surface area contributed by atoms with Gasteiger partial charge in [-0.25, -0.2) is 4.79 Å². The van der Waals surface area contributed by atoms with E-state index in [4.69, 9.17) is 4.74 Å². The molecule has 1 atom stereocenters. The Morgan fingerprint density at radius 3 is 2.85 bits per heavy atom. The van der Waals surface area contributed by atoms with Crippen molar-refractivity contribution >= 4 is 12.4 Å². The summed E-state index contributed by atoms with van der Waals surface area (Å²) in [6.07, 6.45) is 2.79. The molecule has 0 radical (unpaired) electrons. The predicted octanol–water partition coefficient (Wildman–Crippen LogP) is 1.84. The number of aryl methyl sites for hydroxylation is 1. The van der Waals surface area contributed by atoms with Gasteiger partial charge in [0.05, 0.1) is 12.2 Å². The van der Waals surface area contributed by atoms with Crippen molar-refractivity contribution in [3.8, 4) is 0 Å². The summed E-state index contributed by atoms with van der Waals surface area (Å²) in [7, 11) is 1.84. The van der Waals surface area contributed by atoms with Gasteiger partial charge in [0.2, 0.25) is 0 Å². The number of aldehydes is 1. The van der Waals surface area contributed by atoms with Crippen LogP contribution >= 0.6 is 0 Å². The first-order valence-corrected chi connectivity index (χ1v) is 6.74. The maximum absolute atomic E-state index is 12.2. The van der Waals surface area contributed by atoms with Gasteiger partial charge in [0.25, 0.3) is 0 Å². The molecule has 1 aliphatic rings. The zero-order valence-corrected chi connectivity index (χ0v) is 12.4. The Morgan fingerprint density at radius 2 is 2.25 bits per heavy atom. The molecule has 1 unspecified atom stereocenters. The zero-order valence-electron chi connectivity index (χ0n) is 12.4. The Labute approximate surface area is 118 Å². The lowest BCUT2D eigenvalue weighted by Crippen LogP contribution is -2.41. The van der Waals surface area contributed by atoms with Crippen LogP contribution in [0.2, 0.25) is 0 Å². The summed E-state index contributed by atoms with van der Waals surface area (Å²) < 4.78 is 7.12. The first-order valence-electron chi connectivity index (χ1n) is 6.74. The average molecular weight is 279 g/mol. The van der Waals surface area contributed by atoms with Crippen LogP contribution in [0.4, 0.5) is 4.79 Å². The standard InChI is InChI=1S/C14H21N3O3/c1-14(2,3)20-13(19)17-8-10(5-6-18)12-11(9-17)7-16(4)15-12/h6-7,10H,5,8-9H2,1-4H3. The van der Waals surface area contributed by atoms with Gasteiger partial charge < -0.3 is 14.4 Å². The van der Waals surface area contributed by atoms with Crippen LogP contribution < -0.4 is 0 Å². The summed E-state index contributed by atoms with van der Waals surface area (Å²) in [6, 6.07) is 0. The molecule has 1 aromatic heterocycles. The van der Waals surface area contributed by atoms with Crippen LogP contribution in [-0.2, 0) is 23.1 Å². The van der Waals surface area contributed by atoms with Crippen LogP contribution in [0.15, 0.2) is 6.20 Å². The van der Waals surface area contributed by atoms with E-state index in [1.54, 1.807) is 9.58 Å². The summed E-state index contributed by atoms with van der Waals surface area (Å²) in [5.41, 5.74) is 1.38. The largest absolute Gasteiger partial charge is 0.444 e. The second kappa shape index (κ2) is 5.26. The fraction of sp³-hybridized carbons (Fsp3) is 0.643. The molecule has 20 heavy (non-hydrogen) atoms. The molecule has 6 heteroatoms. The molecule has 0 aliphatic carbocycles. The quantitative estimate of drug-likeness (QED) is 0.775. The highest BCUT2D eigenvalue weighted by atomic mass is 16.6. The van der Waals surface area contributed by atoms with Crippen molar-refractivity contribution in [2.75, 3.05) is 6.54 Å². The zero-order chi connectivity index (χ0) is 14.9. The van der Waals surface area contributed by atoms with E-state index in [0.29, 0.717) is 19.5 Å². The molecule has 0 aromatic carbocycles. The lowest BCUT2D eigenvalue weighted by atomic mass is 9.94. The molecular formula is C14H21N3O3. The lowest BCUT2D eigenvalue weighted by Gasteiger charge is -2.32. The third-order valence-electron chi connectivity index (χ3n) is 3.16. The predicted molar refractivity (Wildman–Crippen MR) is 73.3 cm³/mol. The van der Waals surface area contributed by atoms with Crippen LogP contribution in [0.1, 0.15) is 44.4 Å². The molecular weight excluding hydrogens is 258 g/mol. The summed E-state index contributed by atoms with van der Waals surface area (Å²) in [6.45, 7) is 6.47. The molecule has 2 heterocycles. The van der Waals surface area contributed by atoms with Gasteiger partial charge in [-0.05, 0) is 20.8 Å². The minimum atomic E-state index is -0.521. The first kappa shape index (κ1) is 14.6. The number of rotatable bonds is 2. The number of ether oxygens (including phenoxy) is 1. The molecule has 2 rings (SSSR count). The average Bonchev–Trinajstić information content (AvgIpc) is 2.67. The molecule has 0 saturated carbocycles. The second-order valence-electron chi connectivity index (χ2n) is 6.17. The summed E-state index contributed by atoms with van der Waals surface area (Å²) in [4.78, 5) is 24.6. The minimum absolute atomic E-state index is 0.0510. The Kier molecular flexibility index (Phi) is 3.83. The Bertz CT molecular complexity index is 516. The highest BCUT2D eigenvalue weighted by molar-refractivity contribution is 5.69. The van der Waals surface area contributed by atoms with Crippen molar-refractivity contribution in [2.24, 2.45) is 7.05 Å². The van der Waals surface area contributed by atoms with Gasteiger partial charge in [-0.2, -0.15) is 5.10 Å². The highest BCUT2D eigenvalue weighted by Crippen LogP contribution is 2.29. The third kappa shape index (κ3) is 3.18. The summed E-state index contributed by atoms with van der Waals surface area (Å²) in [5, 5.41) is 4.40. The van der Waals surface area contributed by atoms with E-state index >= 15 is 0 Å². The number of aromatic nitrogens is 2. The number of hydrogen-bond donors (Lipinski definition) is 0. The van der Waals surface area contributed by atoms with Crippen LogP contribution in [0.25, 0.3) is 0 Å². The topological polar surface area (TPSA) is 64.4 Å². The molecule has 0 bridgehead atoms. The number of carbonyl (C=O) groups excluding carboxylic acids is 2. The van der Waals surface area contributed by atoms with E-state index in [0.717, 1.165) is 17.5 Å². The molecule has 1 aliphatic heterocycles. The van der Waals surface area contributed by atoms with Crippen molar-refractivity contribution < 1.29 is 14.3 Å². The molecule has 6 nitrogen and oxygen atoms in total. The van der Waals surface area contributed by atoms with E-state index in [1.165, 1.54) is 0 Å². The highest BCUT2D eigenvalue weighted by Gasteiger charge is 2.32. The van der Waals surface area contributed by atoms with Gasteiger partial charge in [0, 0.05) is 37.7 Å². The van der Waals surface area contributed by atoms with Crippen LogP contribution in [0.5, 0.6) is 0 Å². The van der Waals surface area contributed by atoms with E-state index in [2.05, 4.69) is 5.10 Å². The summed E-state index contributed by atoms with van der Waals surface area (Å²) in [5.74, 6) is -0.0510. The van der Waals surface area contributed by atoms with Crippen LogP contribution in [0.3, 0.4) is 0 Å². The number of nitrogens with zero attached hydrogens (tertiary/aromatic N) is 3. The van der Waals surface area contributed by atoms with Gasteiger partial charge in [0.15, 0.2) is 0 Å². The van der Waals surface area contributed by atoms with E-state index in [-0.39, 0.29) is 12.0 Å². The van der Waals surface area contributed by atoms with Crippen molar-refractivity contribution in [1.29, 1.82) is 0 Å². The molecule has 0 fully saturated rings. The third-order valence-corrected chi connectivity index (χ3v) is 3.16. The van der Waals surface area contributed by atoms with Crippen molar-refractivity contribution in [3.05, 3.63) is 17.5 Å². The van der Waals surface area contributed by atoms with Gasteiger partial charge in [0.1, 0.15) is 11.9 Å². The van der Waals surface area contributed by atoms with Crippen molar-refractivity contribution in [3.63, 3.8) is 0 Å². The molecule has 1 aromatic rings. The fourth-order valence-corrected chi connectivity index (χ4v) is 2.41. The normalized spacial score (nSPS) is 18.6. The van der Waals surface area contributed by atoms with Crippen LogP contribution in [0, 0.1) is 0 Å². The molecule has 0 N–H and O–H groups in total. The Hall–Kier alpha value is -1.85. The molecule has 0 spiro atoms. The number of amides is 1. The van der Waals surface area contributed by atoms with Crippen molar-refractivity contribution in [1.82, 2.24) is 14.7 Å². The monoisotopic (exact) mass is 279 g/mol. The van der Waals surface area contributed by atoms with E-state index in [1.807, 2.05) is 34.0 Å². The minimum Gasteiger partial charge on any atom is -0.444 e. The first-order chi connectivity index (χ1) is 9.30. The fourth-order valence-electron chi connectivity index (χ4n) is 2.41. The van der Waals surface area contributed by atoms with Gasteiger partial charge in [-0.1, -0.05) is 0 Å². The number of carbonyl (C=O) groups is 2. The maximum Gasteiger partial charge on any atom is 0.410 e. The smallest absolute Gasteiger partial charge is 0.410 e. The Morgan fingerprint density at radius 1 is 1.55 bits per heavy atom. The molecule has 1 amide bonds. The van der Waals surface area contributed by atoms with Crippen molar-refractivity contribution in [2.45, 2.75) is 45.3 Å².